The fourth-order valence-corrected chi connectivity index (χ4v) is 4.47. The summed E-state index contributed by atoms with van der Waals surface area (Å²) in [5.74, 6) is -0.0197. The molecule has 34 heavy (non-hydrogen) atoms. The third-order valence-corrected chi connectivity index (χ3v) is 6.60. The second-order valence-corrected chi connectivity index (χ2v) is 10.1. The molecular weight excluding hydrogens is 446 g/mol. The van der Waals surface area contributed by atoms with Gasteiger partial charge in [-0.3, -0.25) is 14.7 Å². The molecule has 2 heterocycles. The van der Waals surface area contributed by atoms with E-state index in [1.54, 1.807) is 18.2 Å². The minimum absolute atomic E-state index is 0.175. The molecule has 176 valence electrons. The molecule has 0 bridgehead atoms. The Morgan fingerprint density at radius 1 is 1.03 bits per heavy atom. The van der Waals surface area contributed by atoms with Crippen LogP contribution in [0.25, 0.3) is 10.2 Å². The van der Waals surface area contributed by atoms with E-state index in [0.29, 0.717) is 27.7 Å². The van der Waals surface area contributed by atoms with E-state index < -0.39 is 5.54 Å². The summed E-state index contributed by atoms with van der Waals surface area (Å²) in [6.07, 6.45) is 0. The highest BCUT2D eigenvalue weighted by molar-refractivity contribution is 7.20. The van der Waals surface area contributed by atoms with Crippen molar-refractivity contribution in [2.24, 2.45) is 0 Å². The van der Waals surface area contributed by atoms with Crippen LogP contribution in [0.4, 0.5) is 5.82 Å². The summed E-state index contributed by atoms with van der Waals surface area (Å²) < 4.78 is 0. The van der Waals surface area contributed by atoms with E-state index in [4.69, 9.17) is 0 Å². The molecule has 4 aromatic rings. The second-order valence-electron chi connectivity index (χ2n) is 9.06. The van der Waals surface area contributed by atoms with E-state index in [2.05, 4.69) is 40.0 Å². The molecule has 0 saturated heterocycles. The lowest BCUT2D eigenvalue weighted by atomic mass is 9.94. The van der Waals surface area contributed by atoms with Crippen LogP contribution in [0.5, 0.6) is 0 Å². The number of nitrogens with one attached hydrogen (secondary N) is 4. The zero-order valence-electron chi connectivity index (χ0n) is 19.7. The van der Waals surface area contributed by atoms with Crippen LogP contribution in [0.3, 0.4) is 0 Å². The van der Waals surface area contributed by atoms with Gasteiger partial charge in [0.05, 0.1) is 15.8 Å². The van der Waals surface area contributed by atoms with Gasteiger partial charge in [-0.25, -0.2) is 0 Å². The summed E-state index contributed by atoms with van der Waals surface area (Å²) in [5, 5.41) is 17.1. The van der Waals surface area contributed by atoms with E-state index in [1.165, 1.54) is 11.3 Å². The number of carbonyl (C=O) groups is 2. The minimum Gasteiger partial charge on any atom is -0.342 e. The molecule has 2 amide bonds. The molecule has 0 spiro atoms. The number of carbonyl (C=O) groups excluding carboxylic acids is 2. The van der Waals surface area contributed by atoms with Crippen LogP contribution in [-0.2, 0) is 12.1 Å². The predicted octanol–water partition coefficient (Wildman–Crippen LogP) is 5.04. The van der Waals surface area contributed by atoms with Crippen molar-refractivity contribution in [2.45, 2.75) is 45.8 Å². The van der Waals surface area contributed by atoms with Crippen molar-refractivity contribution in [1.82, 2.24) is 20.8 Å². The number of thiophene rings is 1. The first-order valence-electron chi connectivity index (χ1n) is 11.2. The number of nitrogens with zero attached hydrogens (tertiary/aromatic N) is 1. The highest BCUT2D eigenvalue weighted by atomic mass is 32.1. The summed E-state index contributed by atoms with van der Waals surface area (Å²) >= 11 is 1.31. The Morgan fingerprint density at radius 3 is 2.41 bits per heavy atom. The molecule has 4 rings (SSSR count). The molecule has 0 saturated carbocycles. The molecule has 0 aliphatic heterocycles. The van der Waals surface area contributed by atoms with Crippen molar-refractivity contribution in [3.8, 4) is 0 Å². The molecular formula is C26H29N5O2S. The third kappa shape index (κ3) is 5.35. The van der Waals surface area contributed by atoms with Crippen molar-refractivity contribution >= 4 is 39.2 Å². The Bertz CT molecular complexity index is 1290. The Labute approximate surface area is 203 Å². The fraction of sp³-hybridized carbons (Fsp3) is 0.269. The van der Waals surface area contributed by atoms with Gasteiger partial charge in [0.25, 0.3) is 11.8 Å². The van der Waals surface area contributed by atoms with Crippen LogP contribution >= 0.6 is 11.3 Å². The van der Waals surface area contributed by atoms with Crippen molar-refractivity contribution < 1.29 is 9.59 Å². The first-order chi connectivity index (χ1) is 16.2. The SMILES string of the molecule is CC(C)NCc1ccc(C(=O)Nc2n[nH]c3sc(C(=O)NC(C)(C)c4ccccc4)cc23)cc1. The van der Waals surface area contributed by atoms with Crippen LogP contribution < -0.4 is 16.0 Å². The fourth-order valence-electron chi connectivity index (χ4n) is 3.57. The summed E-state index contributed by atoms with van der Waals surface area (Å²) in [7, 11) is 0. The number of rotatable bonds is 8. The van der Waals surface area contributed by atoms with Crippen LogP contribution in [0.15, 0.2) is 60.7 Å². The minimum atomic E-state index is -0.526. The molecule has 0 atom stereocenters. The number of aromatic nitrogens is 2. The number of aromatic amines is 1. The maximum absolute atomic E-state index is 13.0. The van der Waals surface area contributed by atoms with Gasteiger partial charge < -0.3 is 16.0 Å². The highest BCUT2D eigenvalue weighted by Crippen LogP contribution is 2.30. The van der Waals surface area contributed by atoms with Crippen molar-refractivity contribution in [2.75, 3.05) is 5.32 Å². The molecule has 2 aromatic heterocycles. The number of H-pyrrole nitrogens is 1. The Hall–Kier alpha value is -3.49. The second kappa shape index (κ2) is 9.79. The molecule has 4 N–H and O–H groups in total. The largest absolute Gasteiger partial charge is 0.342 e. The Morgan fingerprint density at radius 2 is 1.74 bits per heavy atom. The Kier molecular flexibility index (Phi) is 6.81. The van der Waals surface area contributed by atoms with Gasteiger partial charge >= 0.3 is 0 Å². The van der Waals surface area contributed by atoms with Crippen LogP contribution in [0.2, 0.25) is 0 Å². The number of amides is 2. The lowest BCUT2D eigenvalue weighted by Crippen LogP contribution is -2.40. The topological polar surface area (TPSA) is 98.9 Å². The molecule has 0 aliphatic rings. The van der Waals surface area contributed by atoms with Crippen molar-refractivity contribution in [3.05, 3.63) is 82.2 Å². The van der Waals surface area contributed by atoms with Gasteiger partial charge in [0.15, 0.2) is 5.82 Å². The Balaban J connectivity index is 1.45. The van der Waals surface area contributed by atoms with Gasteiger partial charge in [-0.15, -0.1) is 11.3 Å². The van der Waals surface area contributed by atoms with Crippen molar-refractivity contribution in [1.29, 1.82) is 0 Å². The van der Waals surface area contributed by atoms with Crippen LogP contribution in [0, 0.1) is 0 Å². The van der Waals surface area contributed by atoms with Gasteiger partial charge in [0.1, 0.15) is 4.83 Å². The van der Waals surface area contributed by atoms with Crippen molar-refractivity contribution in [3.63, 3.8) is 0 Å². The van der Waals surface area contributed by atoms with Gasteiger partial charge in [-0.2, -0.15) is 5.10 Å². The normalized spacial score (nSPS) is 11.7. The maximum atomic E-state index is 13.0. The van der Waals surface area contributed by atoms with E-state index in [-0.39, 0.29) is 11.8 Å². The smallest absolute Gasteiger partial charge is 0.262 e. The monoisotopic (exact) mass is 475 g/mol. The molecule has 0 fully saturated rings. The summed E-state index contributed by atoms with van der Waals surface area (Å²) in [5.41, 5.74) is 2.15. The predicted molar refractivity (Wildman–Crippen MR) is 137 cm³/mol. The first kappa shape index (κ1) is 23.7. The van der Waals surface area contributed by atoms with E-state index >= 15 is 0 Å². The van der Waals surface area contributed by atoms with Gasteiger partial charge in [0.2, 0.25) is 0 Å². The lowest BCUT2D eigenvalue weighted by Gasteiger charge is -2.26. The number of fused-ring (bicyclic) bond motifs is 1. The van der Waals surface area contributed by atoms with Crippen LogP contribution in [-0.4, -0.2) is 28.1 Å². The summed E-state index contributed by atoms with van der Waals surface area (Å²) in [6.45, 7) is 8.88. The molecule has 2 aromatic carbocycles. The average molecular weight is 476 g/mol. The average Bonchev–Trinajstić information content (AvgIpc) is 3.40. The zero-order valence-corrected chi connectivity index (χ0v) is 20.5. The quantitative estimate of drug-likeness (QED) is 0.287. The summed E-state index contributed by atoms with van der Waals surface area (Å²) in [6, 6.07) is 19.5. The highest BCUT2D eigenvalue weighted by Gasteiger charge is 2.25. The number of anilines is 1. The summed E-state index contributed by atoms with van der Waals surface area (Å²) in [4.78, 5) is 27.0. The van der Waals surface area contributed by atoms with Gasteiger partial charge in [0, 0.05) is 18.2 Å². The third-order valence-electron chi connectivity index (χ3n) is 5.56. The molecule has 7 nitrogen and oxygen atoms in total. The van der Waals surface area contributed by atoms with Gasteiger partial charge in [-0.1, -0.05) is 56.3 Å². The molecule has 0 aliphatic carbocycles. The van der Waals surface area contributed by atoms with Gasteiger partial charge in [-0.05, 0) is 43.2 Å². The number of hydrogen-bond acceptors (Lipinski definition) is 5. The van der Waals surface area contributed by atoms with E-state index in [0.717, 1.165) is 22.5 Å². The van der Waals surface area contributed by atoms with E-state index in [1.807, 2.05) is 56.3 Å². The molecule has 0 unspecified atom stereocenters. The molecule has 8 heteroatoms. The van der Waals surface area contributed by atoms with Crippen LogP contribution in [0.1, 0.15) is 58.9 Å². The first-order valence-corrected chi connectivity index (χ1v) is 12.0. The molecule has 0 radical (unpaired) electrons. The zero-order chi connectivity index (χ0) is 24.3. The number of hydrogen-bond donors (Lipinski definition) is 4. The number of benzene rings is 2. The maximum Gasteiger partial charge on any atom is 0.262 e. The standard InChI is InChI=1S/C26H29N5O2S/c1-16(2)27-15-17-10-12-18(13-11-17)23(32)28-22-20-14-21(34-25(20)31-30-22)24(33)29-26(3,4)19-8-6-5-7-9-19/h5-14,16,27H,15H2,1-4H3,(H,29,33)(H2,28,30,31,32). The lowest BCUT2D eigenvalue weighted by molar-refractivity contribution is 0.0915. The van der Waals surface area contributed by atoms with E-state index in [9.17, 15) is 9.59 Å².